The van der Waals surface area contributed by atoms with Crippen LogP contribution in [-0.4, -0.2) is 0 Å². The highest BCUT2D eigenvalue weighted by Gasteiger charge is 2.19. The topological polar surface area (TPSA) is 0 Å². The lowest BCUT2D eigenvalue weighted by Crippen LogP contribution is -2.15. The van der Waals surface area contributed by atoms with E-state index in [4.69, 9.17) is 0 Å². The number of alkyl halides is 1. The molecule has 0 radical (unpaired) electrons. The lowest BCUT2D eigenvalue weighted by Gasteiger charge is -2.24. The molecule has 2 aromatic rings. The Morgan fingerprint density at radius 3 is 2.29 bits per heavy atom. The third-order valence-corrected chi connectivity index (χ3v) is 6.60. The molecule has 0 nitrogen and oxygen atoms in total. The first kappa shape index (κ1) is 17.5. The highest BCUT2D eigenvalue weighted by Crippen LogP contribution is 2.36. The third kappa shape index (κ3) is 4.11. The molecule has 0 saturated carbocycles. The lowest BCUT2D eigenvalue weighted by atomic mass is 9.82. The first-order chi connectivity index (χ1) is 9.85. The number of halogens is 3. The van der Waals surface area contributed by atoms with E-state index in [1.807, 2.05) is 0 Å². The average Bonchev–Trinajstić information content (AvgIpc) is 2.49. The summed E-state index contributed by atoms with van der Waals surface area (Å²) in [5, 5.41) is 0. The van der Waals surface area contributed by atoms with Crippen molar-refractivity contribution in [3.8, 4) is 0 Å². The van der Waals surface area contributed by atoms with Crippen LogP contribution in [0.25, 0.3) is 0 Å². The standard InChI is InChI=1S/C18H19Br2I/c1-4-18(2,3)13-7-5-12(6-8-13)17(20)15-11-14(19)9-10-16(15)21/h5-11,17H,4H2,1-3H3. The fourth-order valence-electron chi connectivity index (χ4n) is 2.20. The quantitative estimate of drug-likeness (QED) is 0.294. The summed E-state index contributed by atoms with van der Waals surface area (Å²) in [6.07, 6.45) is 1.15. The Bertz CT molecular complexity index is 618. The van der Waals surface area contributed by atoms with E-state index in [0.29, 0.717) is 0 Å². The molecule has 0 aliphatic carbocycles. The van der Waals surface area contributed by atoms with Gasteiger partial charge in [0, 0.05) is 8.04 Å². The number of rotatable bonds is 4. The summed E-state index contributed by atoms with van der Waals surface area (Å²) in [6, 6.07) is 15.4. The van der Waals surface area contributed by atoms with Crippen LogP contribution in [-0.2, 0) is 5.41 Å². The van der Waals surface area contributed by atoms with Gasteiger partial charge < -0.3 is 0 Å². The Hall–Kier alpha value is 0.130. The predicted molar refractivity (Wildman–Crippen MR) is 107 cm³/mol. The molecule has 0 amide bonds. The first-order valence-corrected chi connectivity index (χ1v) is 9.83. The molecule has 1 unspecified atom stereocenters. The van der Waals surface area contributed by atoms with Gasteiger partial charge in [0.1, 0.15) is 0 Å². The molecule has 0 aromatic heterocycles. The summed E-state index contributed by atoms with van der Waals surface area (Å²) in [5.74, 6) is 0. The van der Waals surface area contributed by atoms with Crippen LogP contribution in [0.15, 0.2) is 46.9 Å². The van der Waals surface area contributed by atoms with Gasteiger partial charge in [0.15, 0.2) is 0 Å². The molecule has 0 aliphatic heterocycles. The highest BCUT2D eigenvalue weighted by molar-refractivity contribution is 14.1. The van der Waals surface area contributed by atoms with E-state index < -0.39 is 0 Å². The number of benzene rings is 2. The van der Waals surface area contributed by atoms with Crippen molar-refractivity contribution in [3.05, 3.63) is 67.2 Å². The number of hydrogen-bond donors (Lipinski definition) is 0. The molecule has 0 heterocycles. The molecule has 2 rings (SSSR count). The van der Waals surface area contributed by atoms with Gasteiger partial charge in [0.25, 0.3) is 0 Å². The van der Waals surface area contributed by atoms with Crippen molar-refractivity contribution in [3.63, 3.8) is 0 Å². The van der Waals surface area contributed by atoms with Crippen LogP contribution in [0.2, 0.25) is 0 Å². The Kier molecular flexibility index (Phi) is 5.94. The van der Waals surface area contributed by atoms with Crippen molar-refractivity contribution in [1.82, 2.24) is 0 Å². The molecule has 21 heavy (non-hydrogen) atoms. The maximum Gasteiger partial charge on any atom is 0.0655 e. The summed E-state index contributed by atoms with van der Waals surface area (Å²) in [5.41, 5.74) is 4.23. The molecule has 0 saturated heterocycles. The second kappa shape index (κ2) is 7.14. The van der Waals surface area contributed by atoms with Crippen molar-refractivity contribution < 1.29 is 0 Å². The molecular weight excluding hydrogens is 503 g/mol. The Labute approximate surface area is 158 Å². The Morgan fingerprint density at radius 2 is 1.71 bits per heavy atom. The minimum Gasteiger partial charge on any atom is -0.0786 e. The van der Waals surface area contributed by atoms with Gasteiger partial charge in [-0.3, -0.25) is 0 Å². The molecule has 3 heteroatoms. The van der Waals surface area contributed by atoms with Gasteiger partial charge in [-0.1, -0.05) is 76.9 Å². The summed E-state index contributed by atoms with van der Waals surface area (Å²) in [4.78, 5) is 0.223. The average molecular weight is 522 g/mol. The Balaban J connectivity index is 2.32. The summed E-state index contributed by atoms with van der Waals surface area (Å²) >= 11 is 9.80. The first-order valence-electron chi connectivity index (χ1n) is 7.04. The van der Waals surface area contributed by atoms with E-state index in [9.17, 15) is 0 Å². The van der Waals surface area contributed by atoms with E-state index in [1.165, 1.54) is 20.3 Å². The maximum absolute atomic E-state index is 3.85. The summed E-state index contributed by atoms with van der Waals surface area (Å²) in [6.45, 7) is 6.83. The van der Waals surface area contributed by atoms with Crippen LogP contribution >= 0.6 is 54.5 Å². The molecule has 0 N–H and O–H groups in total. The van der Waals surface area contributed by atoms with Crippen LogP contribution in [0, 0.1) is 3.57 Å². The van der Waals surface area contributed by atoms with Crippen LogP contribution < -0.4 is 0 Å². The van der Waals surface area contributed by atoms with Crippen molar-refractivity contribution in [2.75, 3.05) is 0 Å². The van der Waals surface area contributed by atoms with Crippen molar-refractivity contribution in [2.45, 2.75) is 37.4 Å². The molecular formula is C18H19Br2I. The van der Waals surface area contributed by atoms with E-state index in [-0.39, 0.29) is 10.2 Å². The molecule has 2 aromatic carbocycles. The summed E-state index contributed by atoms with van der Waals surface area (Å²) in [7, 11) is 0. The van der Waals surface area contributed by atoms with E-state index in [2.05, 4.69) is 118 Å². The van der Waals surface area contributed by atoms with Crippen molar-refractivity contribution in [1.29, 1.82) is 0 Å². The molecule has 0 aliphatic rings. The van der Waals surface area contributed by atoms with Crippen LogP contribution in [0.3, 0.4) is 0 Å². The van der Waals surface area contributed by atoms with Gasteiger partial charge in [0.05, 0.1) is 4.83 Å². The monoisotopic (exact) mass is 520 g/mol. The smallest absolute Gasteiger partial charge is 0.0655 e. The molecule has 1 atom stereocenters. The fraction of sp³-hybridized carbons (Fsp3) is 0.333. The van der Waals surface area contributed by atoms with Gasteiger partial charge in [-0.2, -0.15) is 0 Å². The number of hydrogen-bond acceptors (Lipinski definition) is 0. The van der Waals surface area contributed by atoms with E-state index in [0.717, 1.165) is 10.9 Å². The zero-order chi connectivity index (χ0) is 15.6. The largest absolute Gasteiger partial charge is 0.0786 e. The second-order valence-corrected chi connectivity index (χ2v) is 8.88. The van der Waals surface area contributed by atoms with Gasteiger partial charge >= 0.3 is 0 Å². The third-order valence-electron chi connectivity index (χ3n) is 4.10. The van der Waals surface area contributed by atoms with E-state index >= 15 is 0 Å². The molecule has 112 valence electrons. The van der Waals surface area contributed by atoms with Crippen molar-refractivity contribution >= 4 is 54.5 Å². The molecule has 0 bridgehead atoms. The fourth-order valence-corrected chi connectivity index (χ4v) is 4.33. The molecule has 0 fully saturated rings. The predicted octanol–water partition coefficient (Wildman–Crippen LogP) is 7.23. The summed E-state index contributed by atoms with van der Waals surface area (Å²) < 4.78 is 2.39. The van der Waals surface area contributed by atoms with Gasteiger partial charge in [-0.25, -0.2) is 0 Å². The van der Waals surface area contributed by atoms with Crippen LogP contribution in [0.4, 0.5) is 0 Å². The SMILES string of the molecule is CCC(C)(C)c1ccc(C(Br)c2cc(Br)ccc2I)cc1. The Morgan fingerprint density at radius 1 is 1.10 bits per heavy atom. The van der Waals surface area contributed by atoms with E-state index in [1.54, 1.807) is 0 Å². The minimum atomic E-state index is 0.223. The normalized spacial score (nSPS) is 13.2. The minimum absolute atomic E-state index is 0.223. The molecule has 0 spiro atoms. The zero-order valence-electron chi connectivity index (χ0n) is 12.5. The van der Waals surface area contributed by atoms with Crippen molar-refractivity contribution in [2.24, 2.45) is 0 Å². The van der Waals surface area contributed by atoms with Gasteiger partial charge in [0.2, 0.25) is 0 Å². The zero-order valence-corrected chi connectivity index (χ0v) is 17.8. The van der Waals surface area contributed by atoms with Gasteiger partial charge in [-0.15, -0.1) is 0 Å². The van der Waals surface area contributed by atoms with Gasteiger partial charge in [-0.05, 0) is 69.3 Å². The maximum atomic E-state index is 3.85. The van der Waals surface area contributed by atoms with Crippen LogP contribution in [0.1, 0.15) is 48.7 Å². The second-order valence-electron chi connectivity index (χ2n) is 5.89. The lowest BCUT2D eigenvalue weighted by molar-refractivity contribution is 0.506. The highest BCUT2D eigenvalue weighted by atomic mass is 127. The van der Waals surface area contributed by atoms with Crippen LogP contribution in [0.5, 0.6) is 0 Å².